The maximum absolute atomic E-state index is 11.8. The van der Waals surface area contributed by atoms with Crippen LogP contribution < -0.4 is 9.67 Å². The monoisotopic (exact) mass is 613 g/mol. The molecule has 38 heavy (non-hydrogen) atoms. The summed E-state index contributed by atoms with van der Waals surface area (Å²) in [6, 6.07) is 10.4. The van der Waals surface area contributed by atoms with Crippen LogP contribution in [0.15, 0.2) is 48.5 Å². The first-order valence-electron chi connectivity index (χ1n) is 11.2. The quantitative estimate of drug-likeness (QED) is 0.0771. The van der Waals surface area contributed by atoms with Crippen molar-refractivity contribution in [3.8, 4) is 5.75 Å². The molecule has 0 heterocycles. The van der Waals surface area contributed by atoms with Gasteiger partial charge in [-0.3, -0.25) is 14.4 Å². The normalized spacial score (nSPS) is 10.9. The molecule has 0 atom stereocenters. The first-order valence-corrected chi connectivity index (χ1v) is 15.1. The molecule has 1 amide bonds. The number of carbonyl (C=O) groups excluding carboxylic acids is 4. The number of amides is 1. The van der Waals surface area contributed by atoms with Crippen molar-refractivity contribution >= 4 is 65.5 Å². The number of esters is 2. The van der Waals surface area contributed by atoms with Gasteiger partial charge in [-0.25, -0.2) is 0 Å². The molecular formula is C25H29AsClNO10. The number of hydrogen-bond donors (Lipinski definition) is 4. The van der Waals surface area contributed by atoms with Crippen LogP contribution in [0.25, 0.3) is 6.08 Å². The number of Topliss-reactive ketones (excluding diaryl/α,β-unsaturated/α-hetero) is 1. The number of nitrogens with one attached hydrogen (secondary N) is 1. The zero-order chi connectivity index (χ0) is 28.9. The summed E-state index contributed by atoms with van der Waals surface area (Å²) in [5.74, 6) is -3.55. The zero-order valence-corrected chi connectivity index (χ0v) is 23.6. The molecule has 0 aliphatic heterocycles. The average molecular weight is 614 g/mol. The summed E-state index contributed by atoms with van der Waals surface area (Å²) in [6.07, 6.45) is 3.03. The summed E-state index contributed by atoms with van der Waals surface area (Å²) in [6.45, 7) is 4.87. The van der Waals surface area contributed by atoms with E-state index in [4.69, 9.17) is 29.3 Å². The summed E-state index contributed by atoms with van der Waals surface area (Å²) in [5.41, 5.74) is 1.01. The van der Waals surface area contributed by atoms with Crippen LogP contribution in [0, 0.1) is 5.92 Å². The minimum absolute atomic E-state index is 0.0804. The van der Waals surface area contributed by atoms with Crippen LogP contribution in [0.3, 0.4) is 0 Å². The number of hydrogen-bond acceptors (Lipinski definition) is 8. The van der Waals surface area contributed by atoms with E-state index in [2.05, 4.69) is 5.32 Å². The Bertz CT molecular complexity index is 1190. The number of phenols is 1. The number of para-hydroxylation sites is 1. The number of anilines is 1. The number of halogens is 1. The topological polar surface area (TPSA) is 177 Å². The van der Waals surface area contributed by atoms with Gasteiger partial charge in [-0.2, -0.15) is 0 Å². The van der Waals surface area contributed by atoms with Crippen LogP contribution in [-0.2, 0) is 27.6 Å². The second-order valence-electron chi connectivity index (χ2n) is 7.42. The average Bonchev–Trinajstić information content (AvgIpc) is 2.85. The molecule has 0 spiro atoms. The fourth-order valence-corrected chi connectivity index (χ4v) is 4.57. The van der Waals surface area contributed by atoms with Gasteiger partial charge in [0.1, 0.15) is 0 Å². The molecule has 206 valence electrons. The Morgan fingerprint density at radius 2 is 1.55 bits per heavy atom. The summed E-state index contributed by atoms with van der Waals surface area (Å²) >= 11 is 0.350. The zero-order valence-electron chi connectivity index (χ0n) is 20.9. The van der Waals surface area contributed by atoms with E-state index in [1.807, 2.05) is 0 Å². The van der Waals surface area contributed by atoms with E-state index in [0.717, 1.165) is 5.56 Å². The van der Waals surface area contributed by atoms with Crippen LogP contribution >= 0.6 is 11.6 Å². The van der Waals surface area contributed by atoms with Crippen molar-refractivity contribution < 1.29 is 45.7 Å². The molecule has 2 rings (SSSR count). The third-order valence-electron chi connectivity index (χ3n) is 4.55. The molecule has 11 nitrogen and oxygen atoms in total. The number of phenolic OH excluding ortho intramolecular Hbond substituents is 1. The molecule has 0 fully saturated rings. The fraction of sp³-hybridized carbons (Fsp3) is 0.280. The van der Waals surface area contributed by atoms with Crippen molar-refractivity contribution in [3.63, 3.8) is 0 Å². The van der Waals surface area contributed by atoms with Crippen LogP contribution in [0.4, 0.5) is 5.69 Å². The van der Waals surface area contributed by atoms with E-state index < -0.39 is 37.9 Å². The van der Waals surface area contributed by atoms with Crippen molar-refractivity contribution in [1.82, 2.24) is 0 Å². The Morgan fingerprint density at radius 1 is 1.00 bits per heavy atom. The van der Waals surface area contributed by atoms with Gasteiger partial charge in [0.25, 0.3) is 0 Å². The number of ketones is 1. The molecule has 0 bridgehead atoms. The van der Waals surface area contributed by atoms with Gasteiger partial charge < -0.3 is 9.47 Å². The Labute approximate surface area is 227 Å². The van der Waals surface area contributed by atoms with Crippen molar-refractivity contribution in [2.24, 2.45) is 5.92 Å². The molecule has 4 N–H and O–H groups in total. The number of carbonyl (C=O) groups is 4. The molecular weight excluding hydrogens is 585 g/mol. The van der Waals surface area contributed by atoms with Gasteiger partial charge in [-0.1, -0.05) is 36.4 Å². The maximum atomic E-state index is 11.8. The predicted octanol–water partition coefficient (Wildman–Crippen LogP) is 1.78. The standard InChI is InChI=1S/C17H19ClO5.C8H10AsNO5/c1-3-22-16(20)14(17(21)23-4-2)10-7-12-5-8-13(9-6-12)15(19)11-18;1-5(11)10-8-6(9(13,14)15)3-2-4-7(8)12/h5-10,14H,3-4,11H2,1-2H3;2-4,12H,1H3,(H,10,11)(H2,13,14,15). The van der Waals surface area contributed by atoms with Crippen LogP contribution in [0.5, 0.6) is 5.75 Å². The van der Waals surface area contributed by atoms with Crippen LogP contribution in [0.2, 0.25) is 0 Å². The summed E-state index contributed by atoms with van der Waals surface area (Å²) in [4.78, 5) is 45.9. The molecule has 13 heteroatoms. The molecule has 0 saturated heterocycles. The largest absolute Gasteiger partial charge is 0.465 e. The smallest absolute Gasteiger partial charge is 0.324 e. The minimum atomic E-state index is -5.14. The Morgan fingerprint density at radius 3 is 2.00 bits per heavy atom. The molecule has 0 saturated carbocycles. The Hall–Kier alpha value is -3.37. The van der Waals surface area contributed by atoms with Gasteiger partial charge in [0.2, 0.25) is 0 Å². The number of benzene rings is 2. The van der Waals surface area contributed by atoms with Gasteiger partial charge >= 0.3 is 100 Å². The number of alkyl halides is 1. The Kier molecular flexibility index (Phi) is 13.6. The minimum Gasteiger partial charge on any atom is -0.465 e. The van der Waals surface area contributed by atoms with Gasteiger partial charge in [0.05, 0.1) is 19.1 Å². The van der Waals surface area contributed by atoms with Gasteiger partial charge in [-0.15, -0.1) is 11.6 Å². The van der Waals surface area contributed by atoms with E-state index in [1.54, 1.807) is 44.2 Å². The fourth-order valence-electron chi connectivity index (χ4n) is 2.86. The molecule has 0 aromatic heterocycles. The van der Waals surface area contributed by atoms with Gasteiger partial charge in [0.15, 0.2) is 11.7 Å². The number of aromatic hydroxyl groups is 1. The second-order valence-corrected chi connectivity index (χ2v) is 11.0. The first kappa shape index (κ1) is 32.7. The molecule has 0 unspecified atom stereocenters. The number of ether oxygens (including phenoxy) is 2. The van der Waals surface area contributed by atoms with Crippen LogP contribution in [0.1, 0.15) is 36.7 Å². The number of rotatable bonds is 10. The molecule has 0 aliphatic rings. The van der Waals surface area contributed by atoms with E-state index >= 15 is 0 Å². The third-order valence-corrected chi connectivity index (χ3v) is 6.89. The SMILES string of the molecule is CC(=O)Nc1c(O)cccc1[As](=O)(O)O.CCOC(=O)C(C=Cc1ccc(C(=O)CCl)cc1)C(=O)OCC. The third kappa shape index (κ3) is 10.5. The maximum Gasteiger partial charge on any atom is 0.324 e. The second kappa shape index (κ2) is 15.8. The molecule has 2 aromatic rings. The summed E-state index contributed by atoms with van der Waals surface area (Å²) in [7, 11) is 0. The van der Waals surface area contributed by atoms with E-state index in [1.165, 1.54) is 31.2 Å². The summed E-state index contributed by atoms with van der Waals surface area (Å²) < 4.78 is 38.5. The Balaban J connectivity index is 0.000000415. The van der Waals surface area contributed by atoms with Gasteiger partial charge in [0, 0.05) is 5.56 Å². The predicted molar refractivity (Wildman–Crippen MR) is 140 cm³/mol. The molecule has 2 aromatic carbocycles. The van der Waals surface area contributed by atoms with E-state index in [0.29, 0.717) is 5.56 Å². The van der Waals surface area contributed by atoms with E-state index in [9.17, 15) is 28.0 Å². The van der Waals surface area contributed by atoms with E-state index in [-0.39, 0.29) is 40.7 Å². The molecule has 0 radical (unpaired) electrons. The van der Waals surface area contributed by atoms with Crippen molar-refractivity contribution in [2.45, 2.75) is 20.8 Å². The van der Waals surface area contributed by atoms with Crippen molar-refractivity contribution in [3.05, 3.63) is 59.7 Å². The van der Waals surface area contributed by atoms with Gasteiger partial charge in [-0.05, 0) is 19.4 Å². The summed E-state index contributed by atoms with van der Waals surface area (Å²) in [5, 5.41) is 11.5. The molecule has 0 aliphatic carbocycles. The van der Waals surface area contributed by atoms with Crippen molar-refractivity contribution in [1.29, 1.82) is 0 Å². The first-order chi connectivity index (χ1) is 17.8. The van der Waals surface area contributed by atoms with Crippen molar-refractivity contribution in [2.75, 3.05) is 24.4 Å². The van der Waals surface area contributed by atoms with Crippen LogP contribution in [-0.4, -0.2) is 70.2 Å².